The molecule has 1 fully saturated rings. The van der Waals surface area contributed by atoms with Gasteiger partial charge in [0.1, 0.15) is 12.4 Å². The molecule has 1 aliphatic rings. The average molecular weight is 369 g/mol. The maximum absolute atomic E-state index is 12.8. The van der Waals surface area contributed by atoms with Gasteiger partial charge in [-0.2, -0.15) is 0 Å². The lowest BCUT2D eigenvalue weighted by molar-refractivity contribution is -0.133. The number of hydrogen-bond acceptors (Lipinski definition) is 4. The van der Waals surface area contributed by atoms with E-state index in [1.807, 2.05) is 58.2 Å². The van der Waals surface area contributed by atoms with Crippen LogP contribution in [0, 0.1) is 12.8 Å². The summed E-state index contributed by atoms with van der Waals surface area (Å²) in [6, 6.07) is 11.9. The molecule has 0 spiro atoms. The molecule has 6 heteroatoms. The van der Waals surface area contributed by atoms with Crippen molar-refractivity contribution in [2.75, 3.05) is 13.1 Å². The van der Waals surface area contributed by atoms with Gasteiger partial charge in [0.25, 0.3) is 0 Å². The number of hydrogen-bond donors (Lipinski definition) is 1. The second-order valence-electron chi connectivity index (χ2n) is 6.91. The first-order valence-electron chi connectivity index (χ1n) is 9.04. The molecule has 0 bridgehead atoms. The normalized spacial score (nSPS) is 16.9. The summed E-state index contributed by atoms with van der Waals surface area (Å²) < 4.78 is 1.99. The van der Waals surface area contributed by atoms with Gasteiger partial charge < -0.3 is 14.6 Å². The van der Waals surface area contributed by atoms with Crippen LogP contribution in [-0.4, -0.2) is 38.6 Å². The molecule has 1 amide bonds. The highest BCUT2D eigenvalue weighted by atomic mass is 32.1. The summed E-state index contributed by atoms with van der Waals surface area (Å²) in [5.74, 6) is 1.22. The van der Waals surface area contributed by atoms with E-state index < -0.39 is 6.10 Å². The fourth-order valence-electron chi connectivity index (χ4n) is 3.79. The van der Waals surface area contributed by atoms with Gasteiger partial charge in [-0.25, -0.2) is 4.98 Å². The lowest BCUT2D eigenvalue weighted by Gasteiger charge is -2.34. The molecule has 5 nitrogen and oxygen atoms in total. The van der Waals surface area contributed by atoms with Crippen molar-refractivity contribution in [1.82, 2.24) is 14.5 Å². The zero-order valence-electron chi connectivity index (χ0n) is 14.8. The molecule has 1 atom stereocenters. The van der Waals surface area contributed by atoms with Crippen LogP contribution in [0.15, 0.2) is 41.8 Å². The highest BCUT2D eigenvalue weighted by Gasteiger charge is 2.29. The summed E-state index contributed by atoms with van der Waals surface area (Å²) in [6.45, 7) is 3.68. The number of fused-ring (bicyclic) bond motifs is 1. The zero-order chi connectivity index (χ0) is 18.1. The maximum atomic E-state index is 12.8. The van der Waals surface area contributed by atoms with Gasteiger partial charge in [-0.3, -0.25) is 4.79 Å². The molecule has 1 aromatic carbocycles. The first-order valence-corrected chi connectivity index (χ1v) is 9.92. The Morgan fingerprint density at radius 3 is 2.77 bits per heavy atom. The molecule has 0 radical (unpaired) electrons. The molecular formula is C20H23N3O2S. The van der Waals surface area contributed by atoms with E-state index in [2.05, 4.69) is 4.98 Å². The highest BCUT2D eigenvalue weighted by molar-refractivity contribution is 7.10. The number of amides is 1. The van der Waals surface area contributed by atoms with Gasteiger partial charge in [0.15, 0.2) is 0 Å². The van der Waals surface area contributed by atoms with Crippen molar-refractivity contribution in [3.8, 4) is 0 Å². The second-order valence-corrected chi connectivity index (χ2v) is 7.89. The van der Waals surface area contributed by atoms with Crippen molar-refractivity contribution in [3.63, 3.8) is 0 Å². The van der Waals surface area contributed by atoms with E-state index in [0.29, 0.717) is 19.6 Å². The quantitative estimate of drug-likeness (QED) is 0.767. The third-order valence-electron chi connectivity index (χ3n) is 5.31. The van der Waals surface area contributed by atoms with Gasteiger partial charge in [0.05, 0.1) is 17.1 Å². The zero-order valence-corrected chi connectivity index (χ0v) is 15.7. The third kappa shape index (κ3) is 3.27. The van der Waals surface area contributed by atoms with Crippen LogP contribution >= 0.6 is 11.3 Å². The molecular weight excluding hydrogens is 346 g/mol. The van der Waals surface area contributed by atoms with E-state index in [0.717, 1.165) is 34.6 Å². The van der Waals surface area contributed by atoms with Gasteiger partial charge in [-0.1, -0.05) is 18.2 Å². The molecule has 0 saturated carbocycles. The monoisotopic (exact) mass is 369 g/mol. The maximum Gasteiger partial charge on any atom is 0.242 e. The smallest absolute Gasteiger partial charge is 0.242 e. The fraction of sp³-hybridized carbons (Fsp3) is 0.400. The van der Waals surface area contributed by atoms with Crippen LogP contribution in [0.1, 0.15) is 29.6 Å². The lowest BCUT2D eigenvalue weighted by atomic mass is 9.90. The topological polar surface area (TPSA) is 58.4 Å². The largest absolute Gasteiger partial charge is 0.387 e. The van der Waals surface area contributed by atoms with Crippen LogP contribution in [0.3, 0.4) is 0 Å². The molecule has 1 aliphatic heterocycles. The summed E-state index contributed by atoms with van der Waals surface area (Å²) in [5.41, 5.74) is 1.93. The van der Waals surface area contributed by atoms with Gasteiger partial charge in [-0.15, -0.1) is 11.3 Å². The van der Waals surface area contributed by atoms with Crippen molar-refractivity contribution < 1.29 is 9.90 Å². The summed E-state index contributed by atoms with van der Waals surface area (Å²) in [7, 11) is 0. The van der Waals surface area contributed by atoms with Crippen molar-refractivity contribution in [3.05, 3.63) is 52.5 Å². The van der Waals surface area contributed by atoms with Gasteiger partial charge in [0, 0.05) is 18.0 Å². The Bertz CT molecular complexity index is 895. The summed E-state index contributed by atoms with van der Waals surface area (Å²) in [4.78, 5) is 20.3. The van der Waals surface area contributed by atoms with E-state index in [-0.39, 0.29) is 11.8 Å². The van der Waals surface area contributed by atoms with Crippen molar-refractivity contribution in [1.29, 1.82) is 0 Å². The predicted molar refractivity (Wildman–Crippen MR) is 103 cm³/mol. The Morgan fingerprint density at radius 2 is 2.04 bits per heavy atom. The highest BCUT2D eigenvalue weighted by Crippen LogP contribution is 2.33. The number of carbonyl (C=O) groups excluding carboxylic acids is 1. The molecule has 2 aromatic heterocycles. The Morgan fingerprint density at radius 1 is 1.27 bits per heavy atom. The molecule has 136 valence electrons. The van der Waals surface area contributed by atoms with E-state index in [1.165, 1.54) is 0 Å². The SMILES string of the molecule is Cc1nc2ccccc2n1CC(=O)N1CCC(C(O)c2cccs2)CC1. The number of aliphatic hydroxyl groups excluding tert-OH is 1. The predicted octanol–water partition coefficient (Wildman–Crippen LogP) is 3.38. The summed E-state index contributed by atoms with van der Waals surface area (Å²) >= 11 is 1.60. The average Bonchev–Trinajstić information content (AvgIpc) is 3.30. The van der Waals surface area contributed by atoms with Gasteiger partial charge in [0.2, 0.25) is 5.91 Å². The molecule has 1 N–H and O–H groups in total. The third-order valence-corrected chi connectivity index (χ3v) is 6.26. The van der Waals surface area contributed by atoms with Gasteiger partial charge >= 0.3 is 0 Å². The summed E-state index contributed by atoms with van der Waals surface area (Å²) in [5, 5.41) is 12.5. The number of carbonyl (C=O) groups is 1. The van der Waals surface area contributed by atoms with E-state index >= 15 is 0 Å². The summed E-state index contributed by atoms with van der Waals surface area (Å²) in [6.07, 6.45) is 1.27. The molecule has 26 heavy (non-hydrogen) atoms. The van der Waals surface area contributed by atoms with Crippen LogP contribution in [-0.2, 0) is 11.3 Å². The number of aliphatic hydroxyl groups is 1. The van der Waals surface area contributed by atoms with E-state index in [4.69, 9.17) is 0 Å². The van der Waals surface area contributed by atoms with E-state index in [9.17, 15) is 9.90 Å². The number of piperidine rings is 1. The van der Waals surface area contributed by atoms with Crippen molar-refractivity contribution in [2.24, 2.45) is 5.92 Å². The fourth-order valence-corrected chi connectivity index (χ4v) is 4.59. The first-order chi connectivity index (χ1) is 12.6. The van der Waals surface area contributed by atoms with Gasteiger partial charge in [-0.05, 0) is 49.3 Å². The molecule has 3 heterocycles. The minimum absolute atomic E-state index is 0.125. The second kappa shape index (κ2) is 7.21. The number of aryl methyl sites for hydroxylation is 1. The number of para-hydroxylation sites is 2. The van der Waals surface area contributed by atoms with Crippen LogP contribution in [0.5, 0.6) is 0 Å². The standard InChI is InChI=1S/C20H23N3O2S/c1-14-21-16-5-2-3-6-17(16)23(14)13-19(24)22-10-8-15(9-11-22)20(25)18-7-4-12-26-18/h2-7,12,15,20,25H,8-11,13H2,1H3. The molecule has 1 saturated heterocycles. The molecule has 1 unspecified atom stereocenters. The number of nitrogens with zero attached hydrogens (tertiary/aromatic N) is 3. The lowest BCUT2D eigenvalue weighted by Crippen LogP contribution is -2.41. The molecule has 4 rings (SSSR count). The van der Waals surface area contributed by atoms with Crippen LogP contribution in [0.2, 0.25) is 0 Å². The number of likely N-dealkylation sites (tertiary alicyclic amines) is 1. The van der Waals surface area contributed by atoms with E-state index in [1.54, 1.807) is 11.3 Å². The molecule has 0 aliphatic carbocycles. The van der Waals surface area contributed by atoms with Crippen molar-refractivity contribution >= 4 is 28.3 Å². The Kier molecular flexibility index (Phi) is 4.78. The number of thiophene rings is 1. The van der Waals surface area contributed by atoms with Crippen molar-refractivity contribution in [2.45, 2.75) is 32.4 Å². The minimum Gasteiger partial charge on any atom is -0.387 e. The number of benzene rings is 1. The first kappa shape index (κ1) is 17.2. The van der Waals surface area contributed by atoms with Crippen LogP contribution in [0.25, 0.3) is 11.0 Å². The van der Waals surface area contributed by atoms with Crippen LogP contribution < -0.4 is 0 Å². The molecule has 3 aromatic rings. The Hall–Kier alpha value is -2.18. The number of imidazole rings is 1. The minimum atomic E-state index is -0.410. The van der Waals surface area contributed by atoms with Crippen LogP contribution in [0.4, 0.5) is 0 Å². The Labute approximate surface area is 156 Å². The number of rotatable bonds is 4. The Balaban J connectivity index is 1.40. The number of aromatic nitrogens is 2.